The summed E-state index contributed by atoms with van der Waals surface area (Å²) in [4.78, 5) is 39.9. The minimum absolute atomic E-state index is 0.00852. The Balaban J connectivity index is 1.81. The Kier molecular flexibility index (Phi) is 9.64. The van der Waals surface area contributed by atoms with Gasteiger partial charge in [-0.05, 0) is 0 Å². The van der Waals surface area contributed by atoms with E-state index in [0.29, 0.717) is 12.0 Å². The van der Waals surface area contributed by atoms with Crippen molar-refractivity contribution in [1.29, 1.82) is 0 Å². The van der Waals surface area contributed by atoms with Gasteiger partial charge in [0.05, 0.1) is 0 Å². The van der Waals surface area contributed by atoms with Gasteiger partial charge < -0.3 is 0 Å². The summed E-state index contributed by atoms with van der Waals surface area (Å²) in [5, 5.41) is 6.48. The van der Waals surface area contributed by atoms with Gasteiger partial charge in [0.2, 0.25) is 0 Å². The fourth-order valence-electron chi connectivity index (χ4n) is 8.14. The van der Waals surface area contributed by atoms with Crippen molar-refractivity contribution >= 4 is 50.2 Å². The molecule has 6 rings (SSSR count). The molecule has 3 nitrogen and oxygen atoms in total. The standard InChI is InChI=1S/C50H63O3P/c1-15-31-17-22-40-37(23-31)24-32(16-2)46(45(40)41-27-33-18-20-38(47(3,4)5)25-35(33)28-42(41)49(9,10)11)54(51,52,53)44-30-34-19-21-39(48(6,7)8)26-36(34)29-43(44)50(12,13)14/h17-30,51-53H,15-16H2,1-14H3. The minimum atomic E-state index is -5.92. The Hall–Kier alpha value is -3.59. The van der Waals surface area contributed by atoms with Crippen molar-refractivity contribution in [3.63, 3.8) is 0 Å². The molecule has 0 bridgehead atoms. The molecule has 0 saturated heterocycles. The average Bonchev–Trinajstić information content (AvgIpc) is 3.07. The van der Waals surface area contributed by atoms with Crippen LogP contribution in [0.15, 0.2) is 84.9 Å². The van der Waals surface area contributed by atoms with Crippen molar-refractivity contribution in [3.05, 3.63) is 118 Å². The third-order valence-corrected chi connectivity index (χ3v) is 14.0. The quantitative estimate of drug-likeness (QED) is 0.154. The molecule has 0 aliphatic rings. The molecule has 0 aromatic heterocycles. The second-order valence-electron chi connectivity index (χ2n) is 19.9. The van der Waals surface area contributed by atoms with Crippen LogP contribution in [-0.2, 0) is 34.5 Å². The van der Waals surface area contributed by atoms with Gasteiger partial charge in [0.1, 0.15) is 0 Å². The van der Waals surface area contributed by atoms with E-state index in [1.165, 1.54) is 16.7 Å². The van der Waals surface area contributed by atoms with E-state index in [1.54, 1.807) is 0 Å². The first-order chi connectivity index (χ1) is 24.7. The van der Waals surface area contributed by atoms with Crippen LogP contribution in [0, 0.1) is 0 Å². The third-order valence-electron chi connectivity index (χ3n) is 11.4. The van der Waals surface area contributed by atoms with Crippen LogP contribution in [0.3, 0.4) is 0 Å². The molecule has 0 radical (unpaired) electrons. The molecule has 0 fully saturated rings. The average molecular weight is 743 g/mol. The van der Waals surface area contributed by atoms with Crippen LogP contribution in [0.2, 0.25) is 0 Å². The molecule has 0 atom stereocenters. The number of rotatable bonds is 5. The Bertz CT molecular complexity index is 2430. The summed E-state index contributed by atoms with van der Waals surface area (Å²) in [6, 6.07) is 30.1. The summed E-state index contributed by atoms with van der Waals surface area (Å²) in [5.41, 5.74) is 6.97. The molecule has 0 heterocycles. The van der Waals surface area contributed by atoms with Gasteiger partial charge in [-0.1, -0.05) is 0 Å². The molecule has 0 amide bonds. The van der Waals surface area contributed by atoms with Crippen molar-refractivity contribution in [1.82, 2.24) is 0 Å². The summed E-state index contributed by atoms with van der Waals surface area (Å²) in [5.74, 6) is 0. The Labute approximate surface area is 324 Å². The summed E-state index contributed by atoms with van der Waals surface area (Å²) >= 11 is 0. The van der Waals surface area contributed by atoms with E-state index in [4.69, 9.17) is 0 Å². The van der Waals surface area contributed by atoms with Gasteiger partial charge in [-0.2, -0.15) is 0 Å². The fourth-order valence-corrected chi connectivity index (χ4v) is 11.0. The van der Waals surface area contributed by atoms with Gasteiger partial charge >= 0.3 is 326 Å². The zero-order valence-electron chi connectivity index (χ0n) is 35.3. The van der Waals surface area contributed by atoms with Crippen LogP contribution in [0.25, 0.3) is 43.4 Å². The van der Waals surface area contributed by atoms with Gasteiger partial charge in [0.25, 0.3) is 0 Å². The molecule has 54 heavy (non-hydrogen) atoms. The molecular formula is C50H63O3P. The maximum atomic E-state index is 13.3. The van der Waals surface area contributed by atoms with Crippen LogP contribution in [0.5, 0.6) is 0 Å². The van der Waals surface area contributed by atoms with Gasteiger partial charge in [0, 0.05) is 0 Å². The zero-order chi connectivity index (χ0) is 40.0. The Morgan fingerprint density at radius 2 is 0.981 bits per heavy atom. The Morgan fingerprint density at radius 1 is 0.463 bits per heavy atom. The molecule has 6 aromatic carbocycles. The molecule has 0 unspecified atom stereocenters. The van der Waals surface area contributed by atoms with E-state index >= 15 is 0 Å². The number of benzene rings is 6. The summed E-state index contributed by atoms with van der Waals surface area (Å²) in [6.45, 7) is 30.4. The first kappa shape index (κ1) is 40.1. The van der Waals surface area contributed by atoms with E-state index < -0.39 is 12.7 Å². The summed E-state index contributed by atoms with van der Waals surface area (Å²) < 4.78 is 0. The first-order valence-corrected chi connectivity index (χ1v) is 21.9. The van der Waals surface area contributed by atoms with E-state index in [9.17, 15) is 14.7 Å². The topological polar surface area (TPSA) is 60.7 Å². The predicted molar refractivity (Wildman–Crippen MR) is 237 cm³/mol. The second-order valence-corrected chi connectivity index (χ2v) is 22.8. The number of hydrogen-bond acceptors (Lipinski definition) is 3. The van der Waals surface area contributed by atoms with Crippen molar-refractivity contribution in [2.45, 2.75) is 131 Å². The predicted octanol–water partition coefficient (Wildman–Crippen LogP) is 12.4. The van der Waals surface area contributed by atoms with Crippen molar-refractivity contribution in [2.75, 3.05) is 0 Å². The first-order valence-electron chi connectivity index (χ1n) is 19.8. The van der Waals surface area contributed by atoms with E-state index in [1.807, 2.05) is 13.0 Å². The van der Waals surface area contributed by atoms with E-state index in [0.717, 1.165) is 61.0 Å². The Morgan fingerprint density at radius 3 is 1.46 bits per heavy atom. The van der Waals surface area contributed by atoms with Crippen LogP contribution in [0.4, 0.5) is 0 Å². The molecule has 6 aromatic rings. The van der Waals surface area contributed by atoms with Gasteiger partial charge in [-0.3, -0.25) is 0 Å². The van der Waals surface area contributed by atoms with Crippen molar-refractivity contribution in [2.24, 2.45) is 0 Å². The molecular weight excluding hydrogens is 680 g/mol. The molecule has 4 heteroatoms. The van der Waals surface area contributed by atoms with Gasteiger partial charge in [0.15, 0.2) is 0 Å². The van der Waals surface area contributed by atoms with E-state index in [-0.39, 0.29) is 26.9 Å². The fraction of sp³-hybridized carbons (Fsp3) is 0.400. The monoisotopic (exact) mass is 742 g/mol. The second kappa shape index (κ2) is 13.0. The normalized spacial score (nSPS) is 14.2. The molecule has 286 valence electrons. The number of hydrogen-bond donors (Lipinski definition) is 3. The molecule has 0 spiro atoms. The van der Waals surface area contributed by atoms with Crippen LogP contribution < -0.4 is 10.6 Å². The zero-order valence-corrected chi connectivity index (χ0v) is 36.2. The summed E-state index contributed by atoms with van der Waals surface area (Å²) in [6.07, 6.45) is 1.39. The van der Waals surface area contributed by atoms with E-state index in [2.05, 4.69) is 169 Å². The van der Waals surface area contributed by atoms with Crippen LogP contribution >= 0.6 is 7.28 Å². The van der Waals surface area contributed by atoms with Crippen LogP contribution in [-0.4, -0.2) is 14.7 Å². The molecule has 0 saturated carbocycles. The summed E-state index contributed by atoms with van der Waals surface area (Å²) in [7, 11) is -5.92. The van der Waals surface area contributed by atoms with Crippen LogP contribution in [0.1, 0.15) is 130 Å². The molecule has 0 aliphatic heterocycles. The molecule has 0 aliphatic carbocycles. The van der Waals surface area contributed by atoms with Crippen molar-refractivity contribution in [3.8, 4) is 11.1 Å². The maximum absolute atomic E-state index is 13.3. The number of aryl methyl sites for hydroxylation is 2. The van der Waals surface area contributed by atoms with Gasteiger partial charge in [-0.25, -0.2) is 0 Å². The van der Waals surface area contributed by atoms with Crippen molar-refractivity contribution < 1.29 is 14.7 Å². The SMILES string of the molecule is CCc1ccc2c(-c3cc4ccc(C(C)(C)C)cc4cc3C(C)(C)C)c(P(O)(O)(O)c3cc4ccc(C(C)(C)C)cc4cc3C(C)(C)C)c(CC)cc2c1. The number of fused-ring (bicyclic) bond motifs is 3. The third kappa shape index (κ3) is 7.14. The molecule has 3 N–H and O–H groups in total. The van der Waals surface area contributed by atoms with Gasteiger partial charge in [-0.15, -0.1) is 0 Å².